The summed E-state index contributed by atoms with van der Waals surface area (Å²) in [5.74, 6) is -0.344. The third-order valence-electron chi connectivity index (χ3n) is 4.70. The quantitative estimate of drug-likeness (QED) is 0.707. The summed E-state index contributed by atoms with van der Waals surface area (Å²) in [6, 6.07) is 2.60. The lowest BCUT2D eigenvalue weighted by molar-refractivity contribution is -0.118. The number of halogens is 2. The van der Waals surface area contributed by atoms with E-state index in [1.807, 2.05) is 20.8 Å². The highest BCUT2D eigenvalue weighted by molar-refractivity contribution is 7.89. The van der Waals surface area contributed by atoms with Gasteiger partial charge in [0, 0.05) is 26.2 Å². The summed E-state index contributed by atoms with van der Waals surface area (Å²) in [5, 5.41) is 0.108. The van der Waals surface area contributed by atoms with Crippen molar-refractivity contribution in [3.63, 3.8) is 0 Å². The second-order valence-electron chi connectivity index (χ2n) is 7.65. The normalized spacial score (nSPS) is 23.6. The molecule has 0 saturated carbocycles. The largest absolute Gasteiger partial charge is 0.379 e. The van der Waals surface area contributed by atoms with Crippen LogP contribution in [0.3, 0.4) is 0 Å². The van der Waals surface area contributed by atoms with Crippen molar-refractivity contribution < 1.29 is 22.7 Å². The molecule has 2 fully saturated rings. The molecule has 0 N–H and O–H groups in total. The molecular weight excluding hydrogens is 427 g/mol. The number of carbonyl (C=O) groups is 1. The third-order valence-corrected chi connectivity index (χ3v) is 7.37. The van der Waals surface area contributed by atoms with Gasteiger partial charge in [-0.25, -0.2) is 8.42 Å². The number of hydrogen-bond acceptors (Lipinski definition) is 5. The number of nitrogens with zero attached hydrogens (tertiary/aromatic N) is 2. The molecule has 3 rings (SSSR count). The van der Waals surface area contributed by atoms with Gasteiger partial charge in [0.1, 0.15) is 4.90 Å². The topological polar surface area (TPSA) is 76.2 Å². The van der Waals surface area contributed by atoms with E-state index in [1.165, 1.54) is 16.4 Å². The molecule has 2 saturated heterocycles. The summed E-state index contributed by atoms with van der Waals surface area (Å²) < 4.78 is 38.4. The van der Waals surface area contributed by atoms with Gasteiger partial charge in [0.15, 0.2) is 0 Å². The van der Waals surface area contributed by atoms with Crippen molar-refractivity contribution in [1.29, 1.82) is 0 Å². The van der Waals surface area contributed by atoms with Crippen molar-refractivity contribution in [1.82, 2.24) is 9.21 Å². The summed E-state index contributed by atoms with van der Waals surface area (Å²) in [6.07, 6.45) is -0.143. The maximum absolute atomic E-state index is 13.1. The zero-order chi connectivity index (χ0) is 20.7. The molecule has 28 heavy (non-hydrogen) atoms. The van der Waals surface area contributed by atoms with E-state index in [9.17, 15) is 13.2 Å². The Kier molecular flexibility index (Phi) is 6.29. The van der Waals surface area contributed by atoms with Gasteiger partial charge in [-0.15, -0.1) is 0 Å². The van der Waals surface area contributed by atoms with Gasteiger partial charge >= 0.3 is 0 Å². The van der Waals surface area contributed by atoms with Crippen LogP contribution >= 0.6 is 23.2 Å². The first-order chi connectivity index (χ1) is 13.0. The van der Waals surface area contributed by atoms with E-state index >= 15 is 0 Å². The van der Waals surface area contributed by atoms with Crippen molar-refractivity contribution in [3.05, 3.63) is 27.7 Å². The number of ether oxygens (including phenoxy) is 2. The SMILES string of the molecule is CC1CN(C(=O)c2cc(S(=O)(=O)N3CCOCC3)c(Cl)cc2Cl)CC(C)(C)O1. The summed E-state index contributed by atoms with van der Waals surface area (Å²) in [7, 11) is -3.86. The lowest BCUT2D eigenvalue weighted by Gasteiger charge is -2.41. The van der Waals surface area contributed by atoms with Gasteiger partial charge in [-0.2, -0.15) is 4.31 Å². The number of benzene rings is 1. The highest BCUT2D eigenvalue weighted by Crippen LogP contribution is 2.32. The number of amides is 1. The lowest BCUT2D eigenvalue weighted by atomic mass is 10.0. The molecule has 0 aromatic heterocycles. The smallest absolute Gasteiger partial charge is 0.255 e. The average molecular weight is 451 g/mol. The molecule has 2 heterocycles. The maximum atomic E-state index is 13.1. The van der Waals surface area contributed by atoms with E-state index in [0.29, 0.717) is 26.3 Å². The van der Waals surface area contributed by atoms with E-state index in [2.05, 4.69) is 0 Å². The minimum Gasteiger partial charge on any atom is -0.379 e. The van der Waals surface area contributed by atoms with Crippen LogP contribution in [0.5, 0.6) is 0 Å². The predicted molar refractivity (Wildman–Crippen MR) is 107 cm³/mol. The van der Waals surface area contributed by atoms with Gasteiger partial charge in [-0.05, 0) is 32.9 Å². The third kappa shape index (κ3) is 4.47. The van der Waals surface area contributed by atoms with Crippen molar-refractivity contribution in [2.75, 3.05) is 39.4 Å². The van der Waals surface area contributed by atoms with Crippen molar-refractivity contribution in [2.45, 2.75) is 37.4 Å². The molecular formula is C18H24Cl2N2O5S. The zero-order valence-corrected chi connectivity index (χ0v) is 18.4. The highest BCUT2D eigenvalue weighted by atomic mass is 35.5. The molecule has 0 radical (unpaired) electrons. The second kappa shape index (κ2) is 8.08. The standard InChI is InChI=1S/C18H24Cl2N2O5S/c1-12-10-21(11-18(2,3)27-12)17(23)13-8-16(15(20)9-14(13)19)28(24,25)22-4-6-26-7-5-22/h8-9,12H,4-7,10-11H2,1-3H3. The first-order valence-electron chi connectivity index (χ1n) is 9.05. The van der Waals surface area contributed by atoms with Crippen LogP contribution in [0.2, 0.25) is 10.0 Å². The van der Waals surface area contributed by atoms with Gasteiger partial charge < -0.3 is 14.4 Å². The number of hydrogen-bond donors (Lipinski definition) is 0. The first kappa shape index (κ1) is 21.8. The molecule has 2 aliphatic heterocycles. The second-order valence-corrected chi connectivity index (χ2v) is 10.4. The Labute approximate surface area is 175 Å². The molecule has 1 amide bonds. The molecule has 1 aromatic carbocycles. The number of carbonyl (C=O) groups excluding carboxylic acids is 1. The van der Waals surface area contributed by atoms with Crippen LogP contribution in [0.15, 0.2) is 17.0 Å². The zero-order valence-electron chi connectivity index (χ0n) is 16.1. The molecule has 156 valence electrons. The van der Waals surface area contributed by atoms with Gasteiger partial charge in [0.2, 0.25) is 10.0 Å². The van der Waals surface area contributed by atoms with Gasteiger partial charge in [-0.3, -0.25) is 4.79 Å². The van der Waals surface area contributed by atoms with E-state index < -0.39 is 15.6 Å². The molecule has 0 aliphatic carbocycles. The number of rotatable bonds is 3. The van der Waals surface area contributed by atoms with Crippen LogP contribution < -0.4 is 0 Å². The number of morpholine rings is 2. The molecule has 10 heteroatoms. The van der Waals surface area contributed by atoms with Gasteiger partial charge in [0.25, 0.3) is 5.91 Å². The van der Waals surface area contributed by atoms with Crippen molar-refractivity contribution >= 4 is 39.1 Å². The maximum Gasteiger partial charge on any atom is 0.255 e. The summed E-state index contributed by atoms with van der Waals surface area (Å²) >= 11 is 12.5. The van der Waals surface area contributed by atoms with Crippen molar-refractivity contribution in [2.24, 2.45) is 0 Å². The van der Waals surface area contributed by atoms with Crippen LogP contribution in [0.4, 0.5) is 0 Å². The van der Waals surface area contributed by atoms with E-state index in [-0.39, 0.29) is 45.6 Å². The fraction of sp³-hybridized carbons (Fsp3) is 0.611. The molecule has 2 aliphatic rings. The monoisotopic (exact) mass is 450 g/mol. The molecule has 1 unspecified atom stereocenters. The van der Waals surface area contributed by atoms with Crippen LogP contribution in [-0.4, -0.2) is 74.6 Å². The molecule has 0 spiro atoms. The van der Waals surface area contributed by atoms with Crippen LogP contribution in [0.1, 0.15) is 31.1 Å². The summed E-state index contributed by atoms with van der Waals surface area (Å²) in [4.78, 5) is 14.6. The summed E-state index contributed by atoms with van der Waals surface area (Å²) in [6.45, 7) is 7.57. The van der Waals surface area contributed by atoms with Gasteiger partial charge in [0.05, 0.1) is 40.5 Å². The number of sulfonamides is 1. The lowest BCUT2D eigenvalue weighted by Crippen LogP contribution is -2.53. The molecule has 7 nitrogen and oxygen atoms in total. The Bertz CT molecular complexity index is 869. The minimum absolute atomic E-state index is 0.0104. The predicted octanol–water partition coefficient (Wildman–Crippen LogP) is 2.65. The Morgan fingerprint density at radius 2 is 1.82 bits per heavy atom. The fourth-order valence-electron chi connectivity index (χ4n) is 3.60. The van der Waals surface area contributed by atoms with E-state index in [4.69, 9.17) is 32.7 Å². The van der Waals surface area contributed by atoms with Crippen LogP contribution in [0, 0.1) is 0 Å². The van der Waals surface area contributed by atoms with Crippen LogP contribution in [0.25, 0.3) is 0 Å². The minimum atomic E-state index is -3.86. The van der Waals surface area contributed by atoms with Crippen LogP contribution in [-0.2, 0) is 19.5 Å². The molecule has 1 atom stereocenters. The first-order valence-corrected chi connectivity index (χ1v) is 11.2. The van der Waals surface area contributed by atoms with Crippen molar-refractivity contribution in [3.8, 4) is 0 Å². The van der Waals surface area contributed by atoms with Gasteiger partial charge in [-0.1, -0.05) is 23.2 Å². The Morgan fingerprint density at radius 3 is 2.43 bits per heavy atom. The Morgan fingerprint density at radius 1 is 1.18 bits per heavy atom. The highest BCUT2D eigenvalue weighted by Gasteiger charge is 2.36. The summed E-state index contributed by atoms with van der Waals surface area (Å²) in [5.41, 5.74) is -0.391. The average Bonchev–Trinajstić information content (AvgIpc) is 2.60. The molecule has 1 aromatic rings. The molecule has 0 bridgehead atoms. The van der Waals surface area contributed by atoms with E-state index in [0.717, 1.165) is 0 Å². The fourth-order valence-corrected chi connectivity index (χ4v) is 5.83. The Balaban J connectivity index is 1.96. The Hall–Kier alpha value is -0.900. The van der Waals surface area contributed by atoms with E-state index in [1.54, 1.807) is 4.90 Å².